The number of anilines is 2. The highest BCUT2D eigenvalue weighted by atomic mass is 16.6. The van der Waals surface area contributed by atoms with Crippen molar-refractivity contribution in [1.29, 1.82) is 0 Å². The van der Waals surface area contributed by atoms with Gasteiger partial charge in [-0.1, -0.05) is 0 Å². The lowest BCUT2D eigenvalue weighted by atomic mass is 10.1. The summed E-state index contributed by atoms with van der Waals surface area (Å²) in [6, 6.07) is 1.75. The summed E-state index contributed by atoms with van der Waals surface area (Å²) < 4.78 is 5.34. The Morgan fingerprint density at radius 2 is 2.14 bits per heavy atom. The monoisotopic (exact) mass is 309 g/mol. The molecule has 2 heterocycles. The van der Waals surface area contributed by atoms with Crippen molar-refractivity contribution in [2.75, 3.05) is 30.8 Å². The van der Waals surface area contributed by atoms with Gasteiger partial charge in [0.2, 0.25) is 5.95 Å². The molecule has 8 heteroatoms. The maximum Gasteiger partial charge on any atom is 0.410 e. The van der Waals surface area contributed by atoms with E-state index in [2.05, 4.69) is 9.97 Å². The molecule has 1 amide bonds. The van der Waals surface area contributed by atoms with E-state index in [1.54, 1.807) is 18.0 Å². The number of nitrogens with zero attached hydrogens (tertiary/aromatic N) is 4. The van der Waals surface area contributed by atoms with Gasteiger partial charge in [-0.25, -0.2) is 9.78 Å². The fourth-order valence-electron chi connectivity index (χ4n) is 2.12. The van der Waals surface area contributed by atoms with Crippen LogP contribution in [0.2, 0.25) is 0 Å². The number of aliphatic hydroxyl groups excluding tert-OH is 1. The summed E-state index contributed by atoms with van der Waals surface area (Å²) in [4.78, 5) is 23.6. The molecule has 2 rings (SSSR count). The number of carbonyl (C=O) groups is 1. The number of rotatable bonds is 3. The molecule has 1 aliphatic heterocycles. The van der Waals surface area contributed by atoms with Gasteiger partial charge < -0.3 is 25.4 Å². The Balaban J connectivity index is 1.94. The highest BCUT2D eigenvalue weighted by Gasteiger charge is 2.35. The molecular formula is C14H23N5O3. The maximum absolute atomic E-state index is 12.0. The van der Waals surface area contributed by atoms with Crippen LogP contribution in [-0.4, -0.2) is 57.8 Å². The molecule has 122 valence electrons. The fraction of sp³-hybridized carbons (Fsp3) is 0.643. The zero-order chi connectivity index (χ0) is 16.5. The summed E-state index contributed by atoms with van der Waals surface area (Å²) in [6.45, 7) is 6.60. The SMILES string of the molecule is CN(C(=O)OC(C)(C)C)C1CN(c2cc(CO)nc(N)n2)C1. The summed E-state index contributed by atoms with van der Waals surface area (Å²) >= 11 is 0. The Morgan fingerprint density at radius 3 is 2.68 bits per heavy atom. The number of ether oxygens (including phenoxy) is 1. The summed E-state index contributed by atoms with van der Waals surface area (Å²) in [7, 11) is 1.73. The third-order valence-corrected chi connectivity index (χ3v) is 3.36. The van der Waals surface area contributed by atoms with Crippen LogP contribution in [0.15, 0.2) is 6.07 Å². The second-order valence-corrected chi connectivity index (χ2v) is 6.38. The van der Waals surface area contributed by atoms with Crippen molar-refractivity contribution < 1.29 is 14.6 Å². The Hall–Kier alpha value is -2.09. The number of likely N-dealkylation sites (N-methyl/N-ethyl adjacent to an activating group) is 1. The number of carbonyl (C=O) groups excluding carboxylic acids is 1. The van der Waals surface area contributed by atoms with Gasteiger partial charge in [0.1, 0.15) is 11.4 Å². The summed E-state index contributed by atoms with van der Waals surface area (Å²) in [6.07, 6.45) is -0.338. The number of hydrogen-bond donors (Lipinski definition) is 2. The highest BCUT2D eigenvalue weighted by molar-refractivity contribution is 5.69. The Morgan fingerprint density at radius 1 is 1.50 bits per heavy atom. The first-order valence-corrected chi connectivity index (χ1v) is 7.14. The molecule has 0 radical (unpaired) electrons. The average molecular weight is 309 g/mol. The summed E-state index contributed by atoms with van der Waals surface area (Å²) in [5, 5.41) is 9.15. The van der Waals surface area contributed by atoms with E-state index >= 15 is 0 Å². The van der Waals surface area contributed by atoms with E-state index in [-0.39, 0.29) is 24.7 Å². The van der Waals surface area contributed by atoms with Crippen molar-refractivity contribution in [2.45, 2.75) is 39.0 Å². The topological polar surface area (TPSA) is 105 Å². The first-order valence-electron chi connectivity index (χ1n) is 7.14. The maximum atomic E-state index is 12.0. The van der Waals surface area contributed by atoms with Crippen LogP contribution < -0.4 is 10.6 Å². The lowest BCUT2D eigenvalue weighted by Crippen LogP contribution is -2.60. The smallest absolute Gasteiger partial charge is 0.410 e. The minimum absolute atomic E-state index is 0.0589. The van der Waals surface area contributed by atoms with Crippen LogP contribution in [0.1, 0.15) is 26.5 Å². The average Bonchev–Trinajstić information content (AvgIpc) is 2.34. The molecule has 0 saturated carbocycles. The molecular weight excluding hydrogens is 286 g/mol. The van der Waals surface area contributed by atoms with Gasteiger partial charge in [0, 0.05) is 26.2 Å². The summed E-state index contributed by atoms with van der Waals surface area (Å²) in [5.74, 6) is 0.788. The predicted molar refractivity (Wildman–Crippen MR) is 82.4 cm³/mol. The van der Waals surface area contributed by atoms with Crippen LogP contribution in [0.3, 0.4) is 0 Å². The van der Waals surface area contributed by atoms with Gasteiger partial charge in [-0.05, 0) is 20.8 Å². The molecule has 0 aliphatic carbocycles. The number of nitrogen functional groups attached to an aromatic ring is 1. The fourth-order valence-corrected chi connectivity index (χ4v) is 2.12. The first-order chi connectivity index (χ1) is 10.2. The lowest BCUT2D eigenvalue weighted by Gasteiger charge is -2.44. The third kappa shape index (κ3) is 3.76. The lowest BCUT2D eigenvalue weighted by molar-refractivity contribution is 0.0196. The van der Waals surface area contributed by atoms with Crippen LogP contribution in [-0.2, 0) is 11.3 Å². The van der Waals surface area contributed by atoms with Gasteiger partial charge in [0.25, 0.3) is 0 Å². The molecule has 22 heavy (non-hydrogen) atoms. The standard InChI is InChI=1S/C14H23N5O3/c1-14(2,3)22-13(21)18(4)10-6-19(7-10)11-5-9(8-20)16-12(15)17-11/h5,10,20H,6-8H2,1-4H3,(H2,15,16,17). The molecule has 0 aromatic carbocycles. The van der Waals surface area contributed by atoms with Crippen LogP contribution in [0.4, 0.5) is 16.6 Å². The number of hydrogen-bond acceptors (Lipinski definition) is 7. The number of aromatic nitrogens is 2. The second kappa shape index (κ2) is 5.96. The molecule has 8 nitrogen and oxygen atoms in total. The van der Waals surface area contributed by atoms with Crippen molar-refractivity contribution in [1.82, 2.24) is 14.9 Å². The molecule has 1 aliphatic rings. The third-order valence-electron chi connectivity index (χ3n) is 3.36. The van der Waals surface area contributed by atoms with Gasteiger partial charge in [0.15, 0.2) is 0 Å². The van der Waals surface area contributed by atoms with Crippen molar-refractivity contribution in [3.8, 4) is 0 Å². The van der Waals surface area contributed by atoms with Gasteiger partial charge in [0.05, 0.1) is 18.3 Å². The van der Waals surface area contributed by atoms with Crippen molar-refractivity contribution in [3.05, 3.63) is 11.8 Å². The zero-order valence-electron chi connectivity index (χ0n) is 13.4. The minimum atomic E-state index is -0.508. The Kier molecular flexibility index (Phi) is 4.41. The molecule has 1 saturated heterocycles. The predicted octanol–water partition coefficient (Wildman–Crippen LogP) is 0.607. The van der Waals surface area contributed by atoms with Gasteiger partial charge in [-0.3, -0.25) is 0 Å². The molecule has 1 aromatic rings. The van der Waals surface area contributed by atoms with E-state index in [1.807, 2.05) is 25.7 Å². The van der Waals surface area contributed by atoms with E-state index in [9.17, 15) is 4.79 Å². The van der Waals surface area contributed by atoms with E-state index in [1.165, 1.54) is 0 Å². The van der Waals surface area contributed by atoms with E-state index in [4.69, 9.17) is 15.6 Å². The van der Waals surface area contributed by atoms with Crippen molar-refractivity contribution >= 4 is 17.9 Å². The normalized spacial score (nSPS) is 15.4. The van der Waals surface area contributed by atoms with Gasteiger partial charge in [-0.15, -0.1) is 0 Å². The van der Waals surface area contributed by atoms with Gasteiger partial charge in [-0.2, -0.15) is 4.98 Å². The van der Waals surface area contributed by atoms with E-state index in [0.717, 1.165) is 0 Å². The van der Waals surface area contributed by atoms with Crippen LogP contribution >= 0.6 is 0 Å². The largest absolute Gasteiger partial charge is 0.444 e. The van der Waals surface area contributed by atoms with Crippen LogP contribution in [0, 0.1) is 0 Å². The molecule has 1 aromatic heterocycles. The molecule has 0 bridgehead atoms. The quantitative estimate of drug-likeness (QED) is 0.842. The molecule has 3 N–H and O–H groups in total. The Bertz CT molecular complexity index is 552. The highest BCUT2D eigenvalue weighted by Crippen LogP contribution is 2.23. The molecule has 1 fully saturated rings. The van der Waals surface area contributed by atoms with Crippen molar-refractivity contribution in [2.24, 2.45) is 0 Å². The van der Waals surface area contributed by atoms with Crippen molar-refractivity contribution in [3.63, 3.8) is 0 Å². The summed E-state index contributed by atoms with van der Waals surface area (Å²) in [5.41, 5.74) is 5.59. The molecule has 0 unspecified atom stereocenters. The second-order valence-electron chi connectivity index (χ2n) is 6.38. The number of aliphatic hydroxyl groups is 1. The van der Waals surface area contributed by atoms with Gasteiger partial charge >= 0.3 is 6.09 Å². The Labute approximate surface area is 129 Å². The number of nitrogens with two attached hydrogens (primary N) is 1. The first kappa shape index (κ1) is 16.3. The van der Waals surface area contributed by atoms with Crippen LogP contribution in [0.5, 0.6) is 0 Å². The van der Waals surface area contributed by atoms with E-state index in [0.29, 0.717) is 24.6 Å². The van der Waals surface area contributed by atoms with E-state index < -0.39 is 5.60 Å². The number of amides is 1. The molecule has 0 spiro atoms. The van der Waals surface area contributed by atoms with Crippen LogP contribution in [0.25, 0.3) is 0 Å². The minimum Gasteiger partial charge on any atom is -0.444 e. The molecule has 0 atom stereocenters. The zero-order valence-corrected chi connectivity index (χ0v) is 13.4.